The van der Waals surface area contributed by atoms with Crippen LogP contribution in [0.15, 0.2) is 24.3 Å². The van der Waals surface area contributed by atoms with E-state index in [-0.39, 0.29) is 11.7 Å². The molecule has 102 valence electrons. The van der Waals surface area contributed by atoms with Crippen LogP contribution in [0.4, 0.5) is 0 Å². The number of carbonyl (C=O) groups is 2. The van der Waals surface area contributed by atoms with Crippen LogP contribution < -0.4 is 4.74 Å². The average Bonchev–Trinajstić information content (AvgIpc) is 2.81. The van der Waals surface area contributed by atoms with E-state index >= 15 is 0 Å². The third-order valence-corrected chi connectivity index (χ3v) is 3.50. The van der Waals surface area contributed by atoms with Crippen LogP contribution >= 0.6 is 0 Å². The zero-order valence-electron chi connectivity index (χ0n) is 11.2. The standard InChI is InChI=1S/C15H18O4/c1-3-19-15(17)13-8-7-12(14(13)16)10-5-4-6-11(9-10)18-2/h4-6,9,12-13H,3,7-8H2,1-2H3. The molecule has 1 aliphatic rings. The molecule has 4 nitrogen and oxygen atoms in total. The lowest BCUT2D eigenvalue weighted by Gasteiger charge is -2.11. The van der Waals surface area contributed by atoms with Gasteiger partial charge in [-0.15, -0.1) is 0 Å². The fourth-order valence-corrected chi connectivity index (χ4v) is 2.53. The number of hydrogen-bond donors (Lipinski definition) is 0. The number of esters is 1. The quantitative estimate of drug-likeness (QED) is 0.617. The molecule has 2 rings (SSSR count). The van der Waals surface area contributed by atoms with Gasteiger partial charge in [0.1, 0.15) is 11.7 Å². The normalized spacial score (nSPS) is 22.3. The number of carbonyl (C=O) groups excluding carboxylic acids is 2. The molecule has 1 aromatic rings. The number of hydrogen-bond acceptors (Lipinski definition) is 4. The molecule has 1 fully saturated rings. The second-order valence-corrected chi connectivity index (χ2v) is 4.61. The minimum absolute atomic E-state index is 0.0355. The van der Waals surface area contributed by atoms with Crippen molar-refractivity contribution in [2.75, 3.05) is 13.7 Å². The van der Waals surface area contributed by atoms with Crippen LogP contribution in [-0.2, 0) is 14.3 Å². The summed E-state index contributed by atoms with van der Waals surface area (Å²) in [7, 11) is 1.59. The molecule has 0 bridgehead atoms. The van der Waals surface area contributed by atoms with Crippen molar-refractivity contribution < 1.29 is 19.1 Å². The molecule has 0 heterocycles. The molecule has 0 saturated heterocycles. The molecule has 0 amide bonds. The Labute approximate surface area is 112 Å². The number of ether oxygens (including phenoxy) is 2. The van der Waals surface area contributed by atoms with Crippen molar-refractivity contribution in [1.29, 1.82) is 0 Å². The molecule has 0 spiro atoms. The summed E-state index contributed by atoms with van der Waals surface area (Å²) < 4.78 is 10.1. The fraction of sp³-hybridized carbons (Fsp3) is 0.467. The Bertz CT molecular complexity index is 481. The smallest absolute Gasteiger partial charge is 0.316 e. The maximum Gasteiger partial charge on any atom is 0.316 e. The van der Waals surface area contributed by atoms with Gasteiger partial charge in [-0.1, -0.05) is 12.1 Å². The van der Waals surface area contributed by atoms with Gasteiger partial charge >= 0.3 is 5.97 Å². The third kappa shape index (κ3) is 2.78. The van der Waals surface area contributed by atoms with E-state index in [2.05, 4.69) is 0 Å². The Morgan fingerprint density at radius 2 is 2.16 bits per heavy atom. The van der Waals surface area contributed by atoms with Crippen LogP contribution in [0.2, 0.25) is 0 Å². The summed E-state index contributed by atoms with van der Waals surface area (Å²) in [5.41, 5.74) is 0.913. The first kappa shape index (κ1) is 13.6. The van der Waals surface area contributed by atoms with Crippen LogP contribution in [0.3, 0.4) is 0 Å². The van der Waals surface area contributed by atoms with E-state index < -0.39 is 11.9 Å². The van der Waals surface area contributed by atoms with Crippen LogP contribution in [0.5, 0.6) is 5.75 Å². The molecular formula is C15H18O4. The maximum absolute atomic E-state index is 12.3. The molecule has 4 heteroatoms. The van der Waals surface area contributed by atoms with Crippen molar-refractivity contribution >= 4 is 11.8 Å². The monoisotopic (exact) mass is 262 g/mol. The van der Waals surface area contributed by atoms with Gasteiger partial charge in [0.05, 0.1) is 13.7 Å². The summed E-state index contributed by atoms with van der Waals surface area (Å²) in [6.45, 7) is 2.06. The molecule has 0 radical (unpaired) electrons. The van der Waals surface area contributed by atoms with Gasteiger partial charge in [0.25, 0.3) is 0 Å². The van der Waals surface area contributed by atoms with E-state index in [9.17, 15) is 9.59 Å². The molecule has 1 aromatic carbocycles. The Balaban J connectivity index is 2.15. The van der Waals surface area contributed by atoms with Gasteiger partial charge in [-0.25, -0.2) is 0 Å². The lowest BCUT2D eigenvalue weighted by Crippen LogP contribution is -2.23. The van der Waals surface area contributed by atoms with Gasteiger partial charge in [0.2, 0.25) is 0 Å². The van der Waals surface area contributed by atoms with E-state index in [1.807, 2.05) is 24.3 Å². The first-order valence-electron chi connectivity index (χ1n) is 6.51. The van der Waals surface area contributed by atoms with Gasteiger partial charge in [-0.05, 0) is 37.5 Å². The van der Waals surface area contributed by atoms with E-state index in [0.29, 0.717) is 19.4 Å². The molecule has 2 unspecified atom stereocenters. The number of rotatable bonds is 4. The highest BCUT2D eigenvalue weighted by Gasteiger charge is 2.40. The van der Waals surface area contributed by atoms with Gasteiger partial charge in [-0.2, -0.15) is 0 Å². The summed E-state index contributed by atoms with van der Waals surface area (Å²) in [5.74, 6) is -0.518. The lowest BCUT2D eigenvalue weighted by molar-refractivity contribution is -0.150. The van der Waals surface area contributed by atoms with Crippen molar-refractivity contribution in [2.24, 2.45) is 5.92 Å². The first-order chi connectivity index (χ1) is 9.17. The van der Waals surface area contributed by atoms with E-state index in [0.717, 1.165) is 11.3 Å². The van der Waals surface area contributed by atoms with Crippen LogP contribution in [0, 0.1) is 5.92 Å². The minimum atomic E-state index is -0.601. The topological polar surface area (TPSA) is 52.6 Å². The molecule has 1 saturated carbocycles. The maximum atomic E-state index is 12.3. The molecule has 0 aliphatic heterocycles. The summed E-state index contributed by atoms with van der Waals surface area (Å²) in [4.78, 5) is 24.0. The van der Waals surface area contributed by atoms with Crippen LogP contribution in [0.25, 0.3) is 0 Å². The Morgan fingerprint density at radius 3 is 2.84 bits per heavy atom. The van der Waals surface area contributed by atoms with Gasteiger partial charge in [0.15, 0.2) is 5.78 Å². The average molecular weight is 262 g/mol. The molecular weight excluding hydrogens is 244 g/mol. The fourth-order valence-electron chi connectivity index (χ4n) is 2.53. The van der Waals surface area contributed by atoms with Crippen molar-refractivity contribution in [1.82, 2.24) is 0 Å². The third-order valence-electron chi connectivity index (χ3n) is 3.50. The molecule has 0 N–H and O–H groups in total. The highest BCUT2D eigenvalue weighted by Crippen LogP contribution is 2.36. The van der Waals surface area contributed by atoms with Crippen LogP contribution in [0.1, 0.15) is 31.2 Å². The van der Waals surface area contributed by atoms with E-state index in [1.54, 1.807) is 14.0 Å². The highest BCUT2D eigenvalue weighted by molar-refractivity contribution is 6.04. The van der Waals surface area contributed by atoms with Gasteiger partial charge < -0.3 is 9.47 Å². The molecule has 0 aromatic heterocycles. The number of Topliss-reactive ketones (excluding diaryl/α,β-unsaturated/α-hetero) is 1. The van der Waals surface area contributed by atoms with Gasteiger partial charge in [-0.3, -0.25) is 9.59 Å². The predicted octanol–water partition coefficient (Wildman–Crippen LogP) is 2.32. The van der Waals surface area contributed by atoms with Crippen molar-refractivity contribution in [3.8, 4) is 5.75 Å². The SMILES string of the molecule is CCOC(=O)C1CCC(c2cccc(OC)c2)C1=O. The first-order valence-corrected chi connectivity index (χ1v) is 6.51. The number of benzene rings is 1. The Kier molecular flexibility index (Phi) is 4.20. The lowest BCUT2D eigenvalue weighted by atomic mass is 9.95. The summed E-state index contributed by atoms with van der Waals surface area (Å²) in [6, 6.07) is 7.46. The minimum Gasteiger partial charge on any atom is -0.497 e. The second-order valence-electron chi connectivity index (χ2n) is 4.61. The Hall–Kier alpha value is -1.84. The van der Waals surface area contributed by atoms with Crippen molar-refractivity contribution in [2.45, 2.75) is 25.7 Å². The van der Waals surface area contributed by atoms with Crippen molar-refractivity contribution in [3.05, 3.63) is 29.8 Å². The second kappa shape index (κ2) is 5.87. The number of ketones is 1. The molecule has 2 atom stereocenters. The summed E-state index contributed by atoms with van der Waals surface area (Å²) in [5, 5.41) is 0. The molecule has 1 aliphatic carbocycles. The zero-order valence-corrected chi connectivity index (χ0v) is 11.2. The largest absolute Gasteiger partial charge is 0.497 e. The summed E-state index contributed by atoms with van der Waals surface area (Å²) in [6.07, 6.45) is 1.26. The Morgan fingerprint density at radius 1 is 1.37 bits per heavy atom. The van der Waals surface area contributed by atoms with Gasteiger partial charge in [0, 0.05) is 5.92 Å². The highest BCUT2D eigenvalue weighted by atomic mass is 16.5. The number of methoxy groups -OCH3 is 1. The van der Waals surface area contributed by atoms with Crippen molar-refractivity contribution in [3.63, 3.8) is 0 Å². The molecule has 19 heavy (non-hydrogen) atoms. The van der Waals surface area contributed by atoms with E-state index in [4.69, 9.17) is 9.47 Å². The summed E-state index contributed by atoms with van der Waals surface area (Å²) >= 11 is 0. The zero-order chi connectivity index (χ0) is 13.8. The van der Waals surface area contributed by atoms with E-state index in [1.165, 1.54) is 0 Å². The predicted molar refractivity (Wildman–Crippen MR) is 70.1 cm³/mol. The van der Waals surface area contributed by atoms with Crippen LogP contribution in [-0.4, -0.2) is 25.5 Å².